The van der Waals surface area contributed by atoms with E-state index in [9.17, 15) is 9.90 Å². The summed E-state index contributed by atoms with van der Waals surface area (Å²) < 4.78 is 0. The van der Waals surface area contributed by atoms with Gasteiger partial charge in [-0.05, 0) is 68.2 Å². The van der Waals surface area contributed by atoms with Gasteiger partial charge in [0.25, 0.3) is 5.91 Å². The third-order valence-electron chi connectivity index (χ3n) is 6.31. The van der Waals surface area contributed by atoms with Crippen molar-refractivity contribution in [3.05, 3.63) is 65.5 Å². The number of benzene rings is 2. The van der Waals surface area contributed by atoms with E-state index >= 15 is 0 Å². The van der Waals surface area contributed by atoms with Gasteiger partial charge in [-0.1, -0.05) is 30.3 Å². The Balaban J connectivity index is 1.35. The van der Waals surface area contributed by atoms with Gasteiger partial charge in [-0.3, -0.25) is 4.79 Å². The maximum absolute atomic E-state index is 13.0. The lowest BCUT2D eigenvalue weighted by atomic mass is 9.75. The molecule has 1 amide bonds. The Labute approximate surface area is 171 Å². The number of nitrogens with zero attached hydrogens (tertiary/aromatic N) is 2. The standard InChI is InChI=1S/C24H29N3O2/c1-18-25-21-10-9-20(16-22(21)26-18)23(29)27-14-12-24(17-28,13-15-27)11-5-8-19-6-3-2-4-7-19/h2-4,6-7,9-10,16,28H,5,8,11-15,17H2,1H3,(H,25,26). The predicted molar refractivity (Wildman–Crippen MR) is 115 cm³/mol. The monoisotopic (exact) mass is 391 g/mol. The molecule has 1 saturated heterocycles. The Kier molecular flexibility index (Phi) is 5.67. The van der Waals surface area contributed by atoms with Crippen LogP contribution in [0.1, 0.15) is 47.4 Å². The fourth-order valence-corrected chi connectivity index (χ4v) is 4.44. The van der Waals surface area contributed by atoms with Crippen LogP contribution >= 0.6 is 0 Å². The second-order valence-electron chi connectivity index (χ2n) is 8.34. The highest BCUT2D eigenvalue weighted by Gasteiger charge is 2.35. The molecule has 0 atom stereocenters. The van der Waals surface area contributed by atoms with Crippen LogP contribution in [0.5, 0.6) is 0 Å². The molecule has 4 rings (SSSR count). The Morgan fingerprint density at radius 2 is 1.93 bits per heavy atom. The van der Waals surface area contributed by atoms with Crippen molar-refractivity contribution >= 4 is 16.9 Å². The normalized spacial score (nSPS) is 16.3. The van der Waals surface area contributed by atoms with Gasteiger partial charge in [0.2, 0.25) is 0 Å². The second kappa shape index (κ2) is 8.37. The first-order chi connectivity index (χ1) is 14.1. The fraction of sp³-hybridized carbons (Fsp3) is 0.417. The van der Waals surface area contributed by atoms with E-state index in [0.29, 0.717) is 18.7 Å². The first kappa shape index (κ1) is 19.6. The first-order valence-corrected chi connectivity index (χ1v) is 10.5. The average molecular weight is 392 g/mol. The fourth-order valence-electron chi connectivity index (χ4n) is 4.44. The summed E-state index contributed by atoms with van der Waals surface area (Å²) in [5.74, 6) is 0.917. The zero-order chi connectivity index (χ0) is 20.3. The van der Waals surface area contributed by atoms with E-state index in [0.717, 1.165) is 49.0 Å². The average Bonchev–Trinajstić information content (AvgIpc) is 3.13. The van der Waals surface area contributed by atoms with Gasteiger partial charge in [0.1, 0.15) is 5.82 Å². The molecule has 5 heteroatoms. The maximum Gasteiger partial charge on any atom is 0.253 e. The predicted octanol–water partition coefficient (Wildman–Crippen LogP) is 4.11. The molecule has 2 aromatic carbocycles. The number of aromatic amines is 1. The SMILES string of the molecule is Cc1nc2ccc(C(=O)N3CCC(CO)(CCCc4ccccc4)CC3)cc2[nH]1. The van der Waals surface area contributed by atoms with Gasteiger partial charge < -0.3 is 15.0 Å². The Morgan fingerprint density at radius 1 is 1.17 bits per heavy atom. The van der Waals surface area contributed by atoms with E-state index in [1.54, 1.807) is 0 Å². The molecule has 0 radical (unpaired) electrons. The number of imidazole rings is 1. The molecule has 2 heterocycles. The van der Waals surface area contributed by atoms with Crippen LogP contribution in [0.15, 0.2) is 48.5 Å². The molecule has 1 fully saturated rings. The van der Waals surface area contributed by atoms with Gasteiger partial charge >= 0.3 is 0 Å². The highest BCUT2D eigenvalue weighted by atomic mass is 16.3. The minimum absolute atomic E-state index is 0.0595. The van der Waals surface area contributed by atoms with Crippen LogP contribution in [0.25, 0.3) is 11.0 Å². The number of aliphatic hydroxyl groups excluding tert-OH is 1. The van der Waals surface area contributed by atoms with Gasteiger partial charge in [0.05, 0.1) is 11.0 Å². The van der Waals surface area contributed by atoms with E-state index in [1.165, 1.54) is 5.56 Å². The number of carbonyl (C=O) groups is 1. The van der Waals surface area contributed by atoms with Crippen molar-refractivity contribution in [2.24, 2.45) is 5.41 Å². The molecule has 152 valence electrons. The number of hydrogen-bond acceptors (Lipinski definition) is 3. The van der Waals surface area contributed by atoms with E-state index in [1.807, 2.05) is 36.1 Å². The smallest absolute Gasteiger partial charge is 0.253 e. The number of nitrogens with one attached hydrogen (secondary N) is 1. The third-order valence-corrected chi connectivity index (χ3v) is 6.31. The molecule has 0 saturated carbocycles. The number of hydrogen-bond donors (Lipinski definition) is 2. The summed E-state index contributed by atoms with van der Waals surface area (Å²) in [5, 5.41) is 10.1. The Hall–Kier alpha value is -2.66. The summed E-state index contributed by atoms with van der Waals surface area (Å²) in [6.07, 6.45) is 4.81. The van der Waals surface area contributed by atoms with Crippen molar-refractivity contribution in [2.75, 3.05) is 19.7 Å². The highest BCUT2D eigenvalue weighted by Crippen LogP contribution is 2.36. The number of aromatic nitrogens is 2. The second-order valence-corrected chi connectivity index (χ2v) is 8.34. The number of piperidine rings is 1. The van der Waals surface area contributed by atoms with Crippen molar-refractivity contribution in [1.29, 1.82) is 0 Å². The van der Waals surface area contributed by atoms with Crippen LogP contribution in [0.3, 0.4) is 0 Å². The van der Waals surface area contributed by atoms with Crippen LogP contribution < -0.4 is 0 Å². The molecule has 29 heavy (non-hydrogen) atoms. The van der Waals surface area contributed by atoms with E-state index < -0.39 is 0 Å². The summed E-state index contributed by atoms with van der Waals surface area (Å²) in [5.41, 5.74) is 3.77. The number of aryl methyl sites for hydroxylation is 2. The lowest BCUT2D eigenvalue weighted by Gasteiger charge is -2.41. The van der Waals surface area contributed by atoms with Gasteiger partial charge in [-0.15, -0.1) is 0 Å². The number of carbonyl (C=O) groups excluding carboxylic acids is 1. The minimum atomic E-state index is -0.0595. The Bertz CT molecular complexity index is 972. The number of H-pyrrole nitrogens is 1. The van der Waals surface area contributed by atoms with Crippen molar-refractivity contribution < 1.29 is 9.90 Å². The minimum Gasteiger partial charge on any atom is -0.396 e. The van der Waals surface area contributed by atoms with E-state index in [2.05, 4.69) is 34.2 Å². The summed E-state index contributed by atoms with van der Waals surface area (Å²) in [4.78, 5) is 22.5. The van der Waals surface area contributed by atoms with Crippen LogP contribution in [-0.4, -0.2) is 45.6 Å². The van der Waals surface area contributed by atoms with Crippen LogP contribution in [0.4, 0.5) is 0 Å². The van der Waals surface area contributed by atoms with Gasteiger partial charge in [-0.25, -0.2) is 4.98 Å². The summed E-state index contributed by atoms with van der Waals surface area (Å²) in [6, 6.07) is 16.2. The molecule has 1 aliphatic heterocycles. The van der Waals surface area contributed by atoms with E-state index in [4.69, 9.17) is 0 Å². The van der Waals surface area contributed by atoms with Crippen LogP contribution in [-0.2, 0) is 6.42 Å². The number of likely N-dealkylation sites (tertiary alicyclic amines) is 1. The summed E-state index contributed by atoms with van der Waals surface area (Å²) >= 11 is 0. The molecular formula is C24H29N3O2. The van der Waals surface area contributed by atoms with Gasteiger partial charge in [0.15, 0.2) is 0 Å². The lowest BCUT2D eigenvalue weighted by molar-refractivity contribution is 0.0303. The number of aliphatic hydroxyl groups is 1. The summed E-state index contributed by atoms with van der Waals surface area (Å²) in [6.45, 7) is 3.51. The summed E-state index contributed by atoms with van der Waals surface area (Å²) in [7, 11) is 0. The number of rotatable bonds is 6. The van der Waals surface area contributed by atoms with Crippen molar-refractivity contribution in [1.82, 2.24) is 14.9 Å². The van der Waals surface area contributed by atoms with Crippen LogP contribution in [0.2, 0.25) is 0 Å². The zero-order valence-electron chi connectivity index (χ0n) is 17.0. The van der Waals surface area contributed by atoms with E-state index in [-0.39, 0.29) is 17.9 Å². The molecule has 3 aromatic rings. The molecule has 0 unspecified atom stereocenters. The molecule has 0 bridgehead atoms. The topological polar surface area (TPSA) is 69.2 Å². The third kappa shape index (κ3) is 4.35. The molecule has 1 aromatic heterocycles. The molecule has 2 N–H and O–H groups in total. The number of amides is 1. The Morgan fingerprint density at radius 3 is 2.66 bits per heavy atom. The lowest BCUT2D eigenvalue weighted by Crippen LogP contribution is -2.44. The maximum atomic E-state index is 13.0. The molecular weight excluding hydrogens is 362 g/mol. The van der Waals surface area contributed by atoms with Gasteiger partial charge in [0, 0.05) is 25.3 Å². The highest BCUT2D eigenvalue weighted by molar-refractivity contribution is 5.97. The quantitative estimate of drug-likeness (QED) is 0.664. The largest absolute Gasteiger partial charge is 0.396 e. The molecule has 5 nitrogen and oxygen atoms in total. The molecule has 0 aliphatic carbocycles. The molecule has 1 aliphatic rings. The number of fused-ring (bicyclic) bond motifs is 1. The van der Waals surface area contributed by atoms with Gasteiger partial charge in [-0.2, -0.15) is 0 Å². The van der Waals surface area contributed by atoms with Crippen molar-refractivity contribution in [3.63, 3.8) is 0 Å². The first-order valence-electron chi connectivity index (χ1n) is 10.5. The zero-order valence-corrected chi connectivity index (χ0v) is 17.0. The van der Waals surface area contributed by atoms with Crippen molar-refractivity contribution in [3.8, 4) is 0 Å². The van der Waals surface area contributed by atoms with Crippen molar-refractivity contribution in [2.45, 2.75) is 39.0 Å². The molecule has 0 spiro atoms. The van der Waals surface area contributed by atoms with Crippen LogP contribution in [0, 0.1) is 12.3 Å².